The lowest BCUT2D eigenvalue weighted by Gasteiger charge is -2.19. The van der Waals surface area contributed by atoms with E-state index in [1.165, 1.54) is 0 Å². The van der Waals surface area contributed by atoms with Gasteiger partial charge < -0.3 is 5.32 Å². The van der Waals surface area contributed by atoms with Crippen molar-refractivity contribution in [2.75, 3.05) is 6.26 Å². The van der Waals surface area contributed by atoms with Gasteiger partial charge in [-0.15, -0.1) is 11.8 Å². The lowest BCUT2D eigenvalue weighted by atomic mass is 10.2. The van der Waals surface area contributed by atoms with Crippen molar-refractivity contribution in [2.24, 2.45) is 15.2 Å². The number of fused-ring (bicyclic) bond motifs is 1. The highest BCUT2D eigenvalue weighted by atomic mass is 32.2. The van der Waals surface area contributed by atoms with Crippen molar-refractivity contribution in [2.45, 2.75) is 13.1 Å². The molecule has 2 heterocycles. The molecule has 13 heavy (non-hydrogen) atoms. The van der Waals surface area contributed by atoms with E-state index >= 15 is 0 Å². The number of allylic oxidation sites excluding steroid dienone is 1. The Kier molecular flexibility index (Phi) is 2.17. The molecule has 0 saturated heterocycles. The molecule has 0 bridgehead atoms. The zero-order chi connectivity index (χ0) is 9.42. The third-order valence-electron chi connectivity index (χ3n) is 1.87. The molecule has 0 aliphatic carbocycles. The Labute approximate surface area is 85.6 Å². The Balaban J connectivity index is 2.46. The van der Waals surface area contributed by atoms with Gasteiger partial charge in [-0.2, -0.15) is 10.2 Å². The minimum absolute atomic E-state index is 0.104. The summed E-state index contributed by atoms with van der Waals surface area (Å²) in [5.41, 5.74) is 1.98. The van der Waals surface area contributed by atoms with Crippen molar-refractivity contribution in [3.63, 3.8) is 0 Å². The number of rotatable bonds is 0. The van der Waals surface area contributed by atoms with Crippen molar-refractivity contribution in [1.29, 1.82) is 0 Å². The topological polar surface area (TPSA) is 49.1 Å². The molecule has 6 heteroatoms. The van der Waals surface area contributed by atoms with Gasteiger partial charge in [-0.25, -0.2) is 4.99 Å². The fourth-order valence-electron chi connectivity index (χ4n) is 1.28. The lowest BCUT2D eigenvalue weighted by molar-refractivity contribution is 0.735. The van der Waals surface area contributed by atoms with E-state index < -0.39 is 0 Å². The number of aliphatic imine (C=N–C) groups is 1. The van der Waals surface area contributed by atoms with Gasteiger partial charge in [-0.05, 0) is 25.4 Å². The van der Waals surface area contributed by atoms with Crippen LogP contribution in [0.2, 0.25) is 0 Å². The van der Waals surface area contributed by atoms with Gasteiger partial charge in [0.25, 0.3) is 0 Å². The summed E-state index contributed by atoms with van der Waals surface area (Å²) < 4.78 is 0. The van der Waals surface area contributed by atoms with Gasteiger partial charge in [0.2, 0.25) is 0 Å². The van der Waals surface area contributed by atoms with Gasteiger partial charge in [-0.3, -0.25) is 0 Å². The summed E-state index contributed by atoms with van der Waals surface area (Å²) in [6.07, 6.45) is 1.87. The molecule has 0 saturated carbocycles. The summed E-state index contributed by atoms with van der Waals surface area (Å²) in [6, 6.07) is 0. The fraction of sp³-hybridized carbons (Fsp3) is 0.429. The van der Waals surface area contributed by atoms with E-state index in [0.717, 1.165) is 16.3 Å². The summed E-state index contributed by atoms with van der Waals surface area (Å²) in [5, 5.41) is 12.5. The van der Waals surface area contributed by atoms with Gasteiger partial charge in [0, 0.05) is 0 Å². The van der Waals surface area contributed by atoms with Crippen LogP contribution in [0.5, 0.6) is 0 Å². The second kappa shape index (κ2) is 3.19. The van der Waals surface area contributed by atoms with Crippen LogP contribution >= 0.6 is 24.0 Å². The highest BCUT2D eigenvalue weighted by Gasteiger charge is 2.29. The molecule has 4 nitrogen and oxygen atoms in total. The minimum Gasteiger partial charge on any atom is -0.334 e. The zero-order valence-corrected chi connectivity index (χ0v) is 8.87. The molecule has 0 radical (unpaired) electrons. The molecule has 1 atom stereocenters. The molecule has 1 N–H and O–H groups in total. The van der Waals surface area contributed by atoms with Crippen LogP contribution in [0.25, 0.3) is 0 Å². The molecule has 2 aliphatic rings. The van der Waals surface area contributed by atoms with E-state index in [-0.39, 0.29) is 6.17 Å². The molecule has 0 aromatic carbocycles. The minimum atomic E-state index is -0.104. The van der Waals surface area contributed by atoms with Gasteiger partial charge >= 0.3 is 0 Å². The van der Waals surface area contributed by atoms with Gasteiger partial charge in [0.05, 0.1) is 11.3 Å². The molecule has 0 spiro atoms. The van der Waals surface area contributed by atoms with Gasteiger partial charge in [-0.1, -0.05) is 0 Å². The van der Waals surface area contributed by atoms with E-state index in [2.05, 4.69) is 20.5 Å². The van der Waals surface area contributed by atoms with Gasteiger partial charge in [0.1, 0.15) is 5.04 Å². The molecule has 0 aromatic heterocycles. The van der Waals surface area contributed by atoms with Gasteiger partial charge in [0.15, 0.2) is 11.3 Å². The lowest BCUT2D eigenvalue weighted by Crippen LogP contribution is -2.38. The van der Waals surface area contributed by atoms with Crippen molar-refractivity contribution in [3.8, 4) is 0 Å². The van der Waals surface area contributed by atoms with Crippen LogP contribution in [-0.4, -0.2) is 22.6 Å². The van der Waals surface area contributed by atoms with Crippen molar-refractivity contribution >= 4 is 34.1 Å². The third kappa shape index (κ3) is 1.40. The first-order chi connectivity index (χ1) is 6.22. The Morgan fingerprint density at radius 3 is 3.00 bits per heavy atom. The maximum atomic E-state index is 4.98. The normalized spacial score (nSPS) is 25.8. The van der Waals surface area contributed by atoms with E-state index in [9.17, 15) is 0 Å². The number of hydrogen-bond acceptors (Lipinski definition) is 4. The monoisotopic (exact) mass is 212 g/mol. The fourth-order valence-corrected chi connectivity index (χ4v) is 2.21. The number of thiocarbonyl (C=S) groups is 1. The molecular formula is C7H8N4S2. The SMILES string of the molecule is CSC1=NC(=S)NC2N=NC(C)=C12. The van der Waals surface area contributed by atoms with E-state index in [1.807, 2.05) is 13.2 Å². The van der Waals surface area contributed by atoms with E-state index in [4.69, 9.17) is 12.2 Å². The highest BCUT2D eigenvalue weighted by molar-refractivity contribution is 8.13. The van der Waals surface area contributed by atoms with E-state index in [1.54, 1.807) is 11.8 Å². The first-order valence-corrected chi connectivity index (χ1v) is 5.41. The molecule has 0 amide bonds. The average molecular weight is 212 g/mol. The maximum Gasteiger partial charge on any atom is 0.195 e. The Bertz CT molecular complexity index is 356. The van der Waals surface area contributed by atoms with Crippen LogP contribution in [0, 0.1) is 0 Å². The quantitative estimate of drug-likeness (QED) is 0.622. The standard InChI is InChI=1S/C7H8N4S2/c1-3-4-5(11-10-3)8-7(12)9-6(4)13-2/h5H,1-2H3,(H,8,12). The number of nitrogens with one attached hydrogen (secondary N) is 1. The van der Waals surface area contributed by atoms with Crippen molar-refractivity contribution < 1.29 is 0 Å². The number of azo groups is 1. The maximum absolute atomic E-state index is 4.98. The predicted octanol–water partition coefficient (Wildman–Crippen LogP) is 1.70. The second-order valence-corrected chi connectivity index (χ2v) is 3.87. The molecule has 68 valence electrons. The number of hydrogen-bond donors (Lipinski definition) is 1. The third-order valence-corrected chi connectivity index (χ3v) is 2.78. The molecular weight excluding hydrogens is 204 g/mol. The number of nitrogens with zero attached hydrogens (tertiary/aromatic N) is 3. The van der Waals surface area contributed by atoms with Crippen LogP contribution in [0.1, 0.15) is 6.92 Å². The molecule has 1 unspecified atom stereocenters. The van der Waals surface area contributed by atoms with Crippen LogP contribution in [-0.2, 0) is 0 Å². The Morgan fingerprint density at radius 1 is 1.54 bits per heavy atom. The largest absolute Gasteiger partial charge is 0.334 e. The van der Waals surface area contributed by atoms with Crippen molar-refractivity contribution in [3.05, 3.63) is 11.3 Å². The summed E-state index contributed by atoms with van der Waals surface area (Å²) in [4.78, 5) is 4.22. The van der Waals surface area contributed by atoms with Crippen LogP contribution in [0.3, 0.4) is 0 Å². The molecule has 2 rings (SSSR count). The highest BCUT2D eigenvalue weighted by Crippen LogP contribution is 2.27. The smallest absolute Gasteiger partial charge is 0.195 e. The summed E-state index contributed by atoms with van der Waals surface area (Å²) in [5.74, 6) is 0. The first kappa shape index (κ1) is 8.83. The number of thioether (sulfide) groups is 1. The predicted molar refractivity (Wildman–Crippen MR) is 58.0 cm³/mol. The van der Waals surface area contributed by atoms with Crippen LogP contribution < -0.4 is 5.32 Å². The second-order valence-electron chi connectivity index (χ2n) is 2.69. The Hall–Kier alpha value is -0.750. The Morgan fingerprint density at radius 2 is 2.31 bits per heavy atom. The summed E-state index contributed by atoms with van der Waals surface area (Å²) >= 11 is 6.55. The van der Waals surface area contributed by atoms with Crippen molar-refractivity contribution in [1.82, 2.24) is 5.32 Å². The summed E-state index contributed by atoms with van der Waals surface area (Å²) in [6.45, 7) is 1.93. The molecule has 2 aliphatic heterocycles. The van der Waals surface area contributed by atoms with Crippen LogP contribution in [0.15, 0.2) is 26.5 Å². The first-order valence-electron chi connectivity index (χ1n) is 3.77. The van der Waals surface area contributed by atoms with Crippen LogP contribution in [0.4, 0.5) is 0 Å². The van der Waals surface area contributed by atoms with E-state index in [0.29, 0.717) is 5.11 Å². The molecule has 0 aromatic rings. The summed E-state index contributed by atoms with van der Waals surface area (Å²) in [7, 11) is 0. The molecule has 0 fully saturated rings. The zero-order valence-electron chi connectivity index (χ0n) is 7.24. The average Bonchev–Trinajstić information content (AvgIpc) is 2.46.